The van der Waals surface area contributed by atoms with E-state index >= 15 is 0 Å². The van der Waals surface area contributed by atoms with E-state index in [1.54, 1.807) is 6.92 Å². The molecular weight excluding hydrogens is 622 g/mol. The topological polar surface area (TPSA) is 38.7 Å². The van der Waals surface area contributed by atoms with E-state index in [2.05, 4.69) is 0 Å². The molecular formula is C36H24Cl4O3. The Morgan fingerprint density at radius 1 is 0.488 bits per heavy atom. The molecule has 3 nitrogen and oxygen atoms in total. The van der Waals surface area contributed by atoms with Crippen LogP contribution in [-0.4, -0.2) is 10.7 Å². The summed E-state index contributed by atoms with van der Waals surface area (Å²) in [5, 5.41) is 13.4. The minimum absolute atomic E-state index is 0.0308. The monoisotopic (exact) mass is 644 g/mol. The van der Waals surface area contributed by atoms with Gasteiger partial charge in [-0.1, -0.05) is 168 Å². The molecule has 0 saturated heterocycles. The molecule has 1 heterocycles. The van der Waals surface area contributed by atoms with Crippen molar-refractivity contribution in [3.05, 3.63) is 164 Å². The van der Waals surface area contributed by atoms with Crippen LogP contribution in [0.15, 0.2) is 121 Å². The van der Waals surface area contributed by atoms with Crippen LogP contribution in [0.4, 0.5) is 0 Å². The van der Waals surface area contributed by atoms with Crippen LogP contribution in [0.3, 0.4) is 0 Å². The number of fused-ring (bicyclic) bond motifs is 2. The fraction of sp³-hybridized carbons (Fsp3) is 0.111. The number of hydrogen-bond acceptors (Lipinski definition) is 3. The standard InChI is InChI=1S/C36H24Cl4O3/c1-34(41)26(22-14-6-2-7-15-22)27(23-16-8-3-9-17-23)35(24-18-10-4-11-19-24)36(34,25-20-12-5-13-21-25)43-33-31(40)29(38)28(37)30(39)32(33)42-35/h2-21,41H,1H3. The first-order valence-corrected chi connectivity index (χ1v) is 15.2. The first-order valence-electron chi connectivity index (χ1n) is 13.7. The first-order chi connectivity index (χ1) is 20.8. The van der Waals surface area contributed by atoms with E-state index in [1.165, 1.54) is 0 Å². The Balaban J connectivity index is 1.74. The molecule has 0 amide bonds. The number of benzene rings is 5. The van der Waals surface area contributed by atoms with Crippen molar-refractivity contribution in [1.29, 1.82) is 0 Å². The molecule has 0 aromatic heterocycles. The second-order valence-corrected chi connectivity index (χ2v) is 12.3. The van der Waals surface area contributed by atoms with Crippen molar-refractivity contribution in [2.24, 2.45) is 0 Å². The summed E-state index contributed by atoms with van der Waals surface area (Å²) in [5.74, 6) is 0.230. The Labute approximate surface area is 269 Å². The highest BCUT2D eigenvalue weighted by molar-refractivity contribution is 6.53. The second-order valence-electron chi connectivity index (χ2n) is 10.8. The van der Waals surface area contributed by atoms with E-state index in [1.807, 2.05) is 121 Å². The SMILES string of the molecule is CC1(O)C(c2ccccc2)=C(c2ccccc2)C2(c3ccccc3)Oc3c(Cl)c(Cl)c(Cl)c(Cl)c3OC12c1ccccc1. The van der Waals surface area contributed by atoms with Crippen LogP contribution in [0.1, 0.15) is 29.2 Å². The Morgan fingerprint density at radius 2 is 0.884 bits per heavy atom. The van der Waals surface area contributed by atoms with Gasteiger partial charge in [-0.05, 0) is 18.1 Å². The predicted molar refractivity (Wildman–Crippen MR) is 174 cm³/mol. The van der Waals surface area contributed by atoms with Crippen LogP contribution in [0, 0.1) is 0 Å². The van der Waals surface area contributed by atoms with Crippen molar-refractivity contribution >= 4 is 57.5 Å². The average molecular weight is 646 g/mol. The molecule has 214 valence electrons. The third kappa shape index (κ3) is 3.79. The molecule has 7 heteroatoms. The molecule has 3 unspecified atom stereocenters. The molecule has 0 radical (unpaired) electrons. The molecule has 0 spiro atoms. The number of halogens is 4. The molecule has 0 bridgehead atoms. The Kier molecular flexibility index (Phi) is 6.81. The van der Waals surface area contributed by atoms with Crippen molar-refractivity contribution in [3.8, 4) is 11.5 Å². The Morgan fingerprint density at radius 3 is 1.37 bits per heavy atom. The lowest BCUT2D eigenvalue weighted by Gasteiger charge is -2.55. The van der Waals surface area contributed by atoms with Crippen molar-refractivity contribution in [1.82, 2.24) is 0 Å². The average Bonchev–Trinajstić information content (AvgIpc) is 3.24. The minimum Gasteiger partial charge on any atom is -0.469 e. The van der Waals surface area contributed by atoms with Gasteiger partial charge in [0.15, 0.2) is 11.5 Å². The highest BCUT2D eigenvalue weighted by atomic mass is 35.5. The molecule has 5 aromatic rings. The zero-order valence-electron chi connectivity index (χ0n) is 22.8. The number of aliphatic hydroxyl groups is 1. The van der Waals surface area contributed by atoms with Gasteiger partial charge in [-0.15, -0.1) is 0 Å². The molecule has 2 aliphatic rings. The lowest BCUT2D eigenvalue weighted by atomic mass is 9.65. The third-order valence-electron chi connectivity index (χ3n) is 8.45. The van der Waals surface area contributed by atoms with E-state index in [9.17, 15) is 5.11 Å². The van der Waals surface area contributed by atoms with Crippen LogP contribution in [0.25, 0.3) is 11.1 Å². The molecule has 0 fully saturated rings. The molecule has 7 rings (SSSR count). The molecule has 0 saturated carbocycles. The summed E-state index contributed by atoms with van der Waals surface area (Å²) in [6, 6.07) is 38.9. The third-order valence-corrected chi connectivity index (χ3v) is 10.2. The van der Waals surface area contributed by atoms with Crippen molar-refractivity contribution in [2.45, 2.75) is 23.7 Å². The number of rotatable bonds is 4. The number of ether oxygens (including phenoxy) is 2. The highest BCUT2D eigenvalue weighted by Crippen LogP contribution is 2.72. The van der Waals surface area contributed by atoms with Gasteiger partial charge in [0.1, 0.15) is 15.6 Å². The zero-order chi connectivity index (χ0) is 30.0. The molecule has 43 heavy (non-hydrogen) atoms. The summed E-state index contributed by atoms with van der Waals surface area (Å²) in [7, 11) is 0. The van der Waals surface area contributed by atoms with Crippen molar-refractivity contribution in [3.63, 3.8) is 0 Å². The minimum atomic E-state index is -1.73. The normalized spacial score (nSPS) is 24.1. The summed E-state index contributed by atoms with van der Waals surface area (Å²) in [5.41, 5.74) is -0.518. The maximum absolute atomic E-state index is 13.3. The van der Waals surface area contributed by atoms with E-state index in [4.69, 9.17) is 55.9 Å². The zero-order valence-corrected chi connectivity index (χ0v) is 25.8. The van der Waals surface area contributed by atoms with E-state index < -0.39 is 16.8 Å². The lowest BCUT2D eigenvalue weighted by molar-refractivity contribution is -0.189. The van der Waals surface area contributed by atoms with Gasteiger partial charge >= 0.3 is 0 Å². The molecule has 5 aromatic carbocycles. The highest BCUT2D eigenvalue weighted by Gasteiger charge is 2.77. The fourth-order valence-electron chi connectivity index (χ4n) is 6.77. The summed E-state index contributed by atoms with van der Waals surface area (Å²) >= 11 is 26.9. The van der Waals surface area contributed by atoms with Crippen LogP contribution in [-0.2, 0) is 11.2 Å². The van der Waals surface area contributed by atoms with Gasteiger partial charge in [-0.25, -0.2) is 0 Å². The lowest BCUT2D eigenvalue weighted by Crippen LogP contribution is -2.65. The van der Waals surface area contributed by atoms with Crippen molar-refractivity contribution < 1.29 is 14.6 Å². The maximum Gasteiger partial charge on any atom is 0.214 e. The van der Waals surface area contributed by atoms with Gasteiger partial charge in [0.05, 0.1) is 10.0 Å². The van der Waals surface area contributed by atoms with Gasteiger partial charge in [0.25, 0.3) is 0 Å². The van der Waals surface area contributed by atoms with Gasteiger partial charge in [0.2, 0.25) is 11.2 Å². The largest absolute Gasteiger partial charge is 0.469 e. The van der Waals surface area contributed by atoms with Crippen LogP contribution in [0.5, 0.6) is 11.5 Å². The summed E-state index contributed by atoms with van der Waals surface area (Å²) in [4.78, 5) is 0. The second kappa shape index (κ2) is 10.3. The van der Waals surface area contributed by atoms with Crippen LogP contribution < -0.4 is 9.47 Å². The molecule has 3 atom stereocenters. The van der Waals surface area contributed by atoms with Gasteiger partial charge in [-0.3, -0.25) is 0 Å². The molecule has 1 N–H and O–H groups in total. The summed E-state index contributed by atoms with van der Waals surface area (Å²) < 4.78 is 14.5. The molecule has 1 aliphatic carbocycles. The summed E-state index contributed by atoms with van der Waals surface area (Å²) in [6.45, 7) is 1.76. The van der Waals surface area contributed by atoms with Gasteiger partial charge in [-0.2, -0.15) is 0 Å². The molecule has 1 aliphatic heterocycles. The fourth-order valence-corrected chi connectivity index (χ4v) is 7.66. The number of hydrogen-bond donors (Lipinski definition) is 1. The van der Waals surface area contributed by atoms with Crippen LogP contribution >= 0.6 is 46.4 Å². The van der Waals surface area contributed by atoms with E-state index in [-0.39, 0.29) is 31.6 Å². The van der Waals surface area contributed by atoms with E-state index in [0.717, 1.165) is 16.7 Å². The summed E-state index contributed by atoms with van der Waals surface area (Å²) in [6.07, 6.45) is 0. The smallest absolute Gasteiger partial charge is 0.214 e. The van der Waals surface area contributed by atoms with Crippen LogP contribution in [0.2, 0.25) is 20.1 Å². The quantitative estimate of drug-likeness (QED) is 0.156. The maximum atomic E-state index is 13.3. The van der Waals surface area contributed by atoms with Crippen molar-refractivity contribution in [2.75, 3.05) is 0 Å². The Bertz CT molecular complexity index is 1880. The van der Waals surface area contributed by atoms with Gasteiger partial charge in [0, 0.05) is 22.3 Å². The first kappa shape index (κ1) is 28.3. The van der Waals surface area contributed by atoms with E-state index in [0.29, 0.717) is 16.7 Å². The Hall–Kier alpha value is -3.44. The van der Waals surface area contributed by atoms with Gasteiger partial charge < -0.3 is 14.6 Å². The predicted octanol–water partition coefficient (Wildman–Crippen LogP) is 10.2.